The average Bonchev–Trinajstić information content (AvgIpc) is 3.91. The second-order valence-corrected chi connectivity index (χ2v) is 17.9. The zero-order valence-electron chi connectivity index (χ0n) is 32.6. The second-order valence-electron chi connectivity index (χ2n) is 16.8. The zero-order valence-corrected chi connectivity index (χ0v) is 33.5. The molecule has 0 radical (unpaired) electrons. The molecule has 10 aromatic carbocycles. The van der Waals surface area contributed by atoms with Crippen LogP contribution >= 0.6 is 11.3 Å². The zero-order chi connectivity index (χ0) is 39.0. The first kappa shape index (κ1) is 33.0. The van der Waals surface area contributed by atoms with Crippen molar-refractivity contribution in [2.24, 2.45) is 0 Å². The highest BCUT2D eigenvalue weighted by molar-refractivity contribution is 7.25. The third-order valence-electron chi connectivity index (χ3n) is 13.2. The SMILES string of the molecule is CC1(C)c2ccccc2-c2cc3c(cc21)sc1cc2cc(-c4ccc(-c5c6ccccc6c(-c6cccc7oc8ccccc8c67)c6ccccc56)cc4)ccc2cc13. The van der Waals surface area contributed by atoms with Gasteiger partial charge in [-0.15, -0.1) is 11.3 Å². The molecule has 0 spiro atoms. The van der Waals surface area contributed by atoms with Crippen LogP contribution in [0.5, 0.6) is 0 Å². The third-order valence-corrected chi connectivity index (χ3v) is 14.4. The molecule has 1 aliphatic carbocycles. The Bertz CT molecular complexity index is 3690. The number of para-hydroxylation sites is 1. The topological polar surface area (TPSA) is 13.1 Å². The van der Waals surface area contributed by atoms with Crippen LogP contribution in [0.4, 0.5) is 0 Å². The number of thiophene rings is 1. The molecule has 1 nitrogen and oxygen atoms in total. The van der Waals surface area contributed by atoms with Crippen molar-refractivity contribution in [2.75, 3.05) is 0 Å². The first-order valence-corrected chi connectivity index (χ1v) is 21.3. The van der Waals surface area contributed by atoms with Crippen LogP contribution < -0.4 is 0 Å². The Morgan fingerprint density at radius 1 is 0.373 bits per heavy atom. The average molecular weight is 769 g/mol. The first-order chi connectivity index (χ1) is 29.0. The predicted molar refractivity (Wildman–Crippen MR) is 253 cm³/mol. The van der Waals surface area contributed by atoms with Crippen molar-refractivity contribution in [2.45, 2.75) is 19.3 Å². The number of benzene rings is 10. The van der Waals surface area contributed by atoms with Crippen molar-refractivity contribution < 1.29 is 4.42 Å². The molecule has 2 heteroatoms. The highest BCUT2D eigenvalue weighted by Gasteiger charge is 2.35. The van der Waals surface area contributed by atoms with E-state index in [0.29, 0.717) is 0 Å². The number of hydrogen-bond donors (Lipinski definition) is 0. The summed E-state index contributed by atoms with van der Waals surface area (Å²) in [5.41, 5.74) is 14.8. The third kappa shape index (κ3) is 4.67. The summed E-state index contributed by atoms with van der Waals surface area (Å²) in [5, 5.41) is 12.5. The fourth-order valence-electron chi connectivity index (χ4n) is 10.4. The molecule has 1 aliphatic rings. The second kappa shape index (κ2) is 12.0. The van der Waals surface area contributed by atoms with Crippen LogP contribution in [0.2, 0.25) is 0 Å². The van der Waals surface area contributed by atoms with Crippen LogP contribution in [0.3, 0.4) is 0 Å². The summed E-state index contributed by atoms with van der Waals surface area (Å²) in [7, 11) is 0. The van der Waals surface area contributed by atoms with Crippen LogP contribution in [-0.4, -0.2) is 0 Å². The summed E-state index contributed by atoms with van der Waals surface area (Å²) in [4.78, 5) is 0. The highest BCUT2D eigenvalue weighted by Crippen LogP contribution is 2.52. The van der Waals surface area contributed by atoms with E-state index in [9.17, 15) is 0 Å². The minimum atomic E-state index is 0.000624. The van der Waals surface area contributed by atoms with Crippen LogP contribution in [0.15, 0.2) is 186 Å². The number of rotatable bonds is 3. The summed E-state index contributed by atoms with van der Waals surface area (Å²) >= 11 is 1.92. The van der Waals surface area contributed by atoms with Gasteiger partial charge in [0.05, 0.1) is 0 Å². The molecular weight excluding hydrogens is 733 g/mol. The van der Waals surface area contributed by atoms with Gasteiger partial charge in [0.1, 0.15) is 11.2 Å². The Kier molecular flexibility index (Phi) is 6.73. The van der Waals surface area contributed by atoms with Crippen LogP contribution in [0, 0.1) is 0 Å². The van der Waals surface area contributed by atoms with Gasteiger partial charge in [-0.3, -0.25) is 0 Å². The number of fused-ring (bicyclic) bond motifs is 12. The largest absolute Gasteiger partial charge is 0.456 e. The lowest BCUT2D eigenvalue weighted by Crippen LogP contribution is -2.14. The molecule has 2 heterocycles. The Labute approximate surface area is 345 Å². The molecule has 59 heavy (non-hydrogen) atoms. The lowest BCUT2D eigenvalue weighted by molar-refractivity contribution is 0.661. The van der Waals surface area contributed by atoms with E-state index in [1.165, 1.54) is 108 Å². The molecule has 0 atom stereocenters. The smallest absolute Gasteiger partial charge is 0.136 e. The summed E-state index contributed by atoms with van der Waals surface area (Å²) < 4.78 is 9.07. The molecule has 0 unspecified atom stereocenters. The van der Waals surface area contributed by atoms with Crippen molar-refractivity contribution >= 4 is 85.8 Å². The Morgan fingerprint density at radius 3 is 1.75 bits per heavy atom. The maximum absolute atomic E-state index is 6.36. The van der Waals surface area contributed by atoms with Crippen LogP contribution in [0.1, 0.15) is 25.0 Å². The van der Waals surface area contributed by atoms with Crippen molar-refractivity contribution in [3.63, 3.8) is 0 Å². The molecule has 0 saturated carbocycles. The first-order valence-electron chi connectivity index (χ1n) is 20.5. The molecule has 0 amide bonds. The molecule has 0 fully saturated rings. The van der Waals surface area contributed by atoms with Gasteiger partial charge in [0.25, 0.3) is 0 Å². The Hall–Kier alpha value is -7.00. The van der Waals surface area contributed by atoms with Gasteiger partial charge in [0, 0.05) is 36.4 Å². The van der Waals surface area contributed by atoms with Crippen molar-refractivity contribution in [1.82, 2.24) is 0 Å². The van der Waals surface area contributed by atoms with Gasteiger partial charge in [-0.25, -0.2) is 0 Å². The van der Waals surface area contributed by atoms with Gasteiger partial charge in [-0.2, -0.15) is 0 Å². The standard InChI is InChI=1S/C57H36OS/c1-57(2)48-19-9-7-12-38(48)45-31-47-46-29-36-27-26-35(28-37(36)30-52(46)59-53(47)32-49(45)57)33-22-24-34(25-23-33)54-39-13-3-5-15-41(39)55(42-16-6-4-14-40(42)54)44-18-11-21-51-56(44)43-17-8-10-20-50(43)58-51/h3-32H,1-2H3. The molecule has 2 aromatic heterocycles. The normalized spacial score (nSPS) is 13.4. The molecule has 0 bridgehead atoms. The minimum absolute atomic E-state index is 0.000624. The minimum Gasteiger partial charge on any atom is -0.456 e. The lowest BCUT2D eigenvalue weighted by atomic mass is 9.82. The Balaban J connectivity index is 0.923. The van der Waals surface area contributed by atoms with Gasteiger partial charge >= 0.3 is 0 Å². The van der Waals surface area contributed by atoms with Gasteiger partial charge in [0.2, 0.25) is 0 Å². The maximum atomic E-state index is 6.36. The molecule has 13 rings (SSSR count). The summed E-state index contributed by atoms with van der Waals surface area (Å²) in [5.74, 6) is 0. The van der Waals surface area contributed by atoms with Crippen molar-refractivity contribution in [3.05, 3.63) is 193 Å². The molecular formula is C57H36OS. The molecule has 12 aromatic rings. The summed E-state index contributed by atoms with van der Waals surface area (Å²) in [6, 6.07) is 67.5. The van der Waals surface area contributed by atoms with Crippen LogP contribution in [-0.2, 0) is 5.41 Å². The number of furan rings is 1. The monoisotopic (exact) mass is 768 g/mol. The van der Waals surface area contributed by atoms with E-state index in [1.54, 1.807) is 0 Å². The summed E-state index contributed by atoms with van der Waals surface area (Å²) in [6.07, 6.45) is 0. The van der Waals surface area contributed by atoms with E-state index in [1.807, 2.05) is 17.4 Å². The predicted octanol–water partition coefficient (Wildman–Crippen LogP) is 16.7. The summed E-state index contributed by atoms with van der Waals surface area (Å²) in [6.45, 7) is 4.73. The quantitative estimate of drug-likeness (QED) is 0.163. The maximum Gasteiger partial charge on any atom is 0.136 e. The van der Waals surface area contributed by atoms with Crippen molar-refractivity contribution in [1.29, 1.82) is 0 Å². The Morgan fingerprint density at radius 2 is 0.966 bits per heavy atom. The molecule has 276 valence electrons. The molecule has 0 saturated heterocycles. The van der Waals surface area contributed by atoms with Gasteiger partial charge in [-0.1, -0.05) is 153 Å². The van der Waals surface area contributed by atoms with Gasteiger partial charge in [0.15, 0.2) is 0 Å². The van der Waals surface area contributed by atoms with E-state index in [-0.39, 0.29) is 5.41 Å². The molecule has 0 aliphatic heterocycles. The molecule has 0 N–H and O–H groups in total. The van der Waals surface area contributed by atoms with E-state index in [4.69, 9.17) is 4.42 Å². The number of hydrogen-bond acceptors (Lipinski definition) is 2. The van der Waals surface area contributed by atoms with Crippen molar-refractivity contribution in [3.8, 4) is 44.5 Å². The van der Waals surface area contributed by atoms with Crippen LogP contribution in [0.25, 0.3) is 119 Å². The van der Waals surface area contributed by atoms with E-state index in [2.05, 4.69) is 190 Å². The fourth-order valence-corrected chi connectivity index (χ4v) is 11.6. The van der Waals surface area contributed by atoms with Gasteiger partial charge in [-0.05, 0) is 130 Å². The van der Waals surface area contributed by atoms with E-state index < -0.39 is 0 Å². The van der Waals surface area contributed by atoms with Gasteiger partial charge < -0.3 is 4.42 Å². The highest BCUT2D eigenvalue weighted by atomic mass is 32.1. The lowest BCUT2D eigenvalue weighted by Gasteiger charge is -2.21. The fraction of sp³-hybridized carbons (Fsp3) is 0.0526. The van der Waals surface area contributed by atoms with E-state index >= 15 is 0 Å². The van der Waals surface area contributed by atoms with E-state index in [0.717, 1.165) is 21.9 Å².